The minimum Gasteiger partial charge on any atom is -0.492 e. The zero-order valence-corrected chi connectivity index (χ0v) is 14.9. The van der Waals surface area contributed by atoms with Crippen LogP contribution in [0.25, 0.3) is 0 Å². The lowest BCUT2D eigenvalue weighted by Gasteiger charge is -2.16. The molecule has 1 amide bonds. The Kier molecular flexibility index (Phi) is 6.50. The van der Waals surface area contributed by atoms with E-state index in [9.17, 15) is 4.79 Å². The highest BCUT2D eigenvalue weighted by Gasteiger charge is 2.15. The van der Waals surface area contributed by atoms with E-state index >= 15 is 0 Å². The molecule has 0 saturated carbocycles. The number of hydrogen-bond donors (Lipinski definition) is 1. The molecule has 4 nitrogen and oxygen atoms in total. The van der Waals surface area contributed by atoms with Gasteiger partial charge in [0.2, 0.25) is 0 Å². The molecule has 0 aliphatic carbocycles. The molecule has 2 aromatic rings. The minimum absolute atomic E-state index is 0.209. The SMILES string of the molecule is Cc1cc(C)cc(OCCNC(=O)[C@H](C)Oc2ccccc2Cl)c1. The van der Waals surface area contributed by atoms with Crippen LogP contribution in [0.2, 0.25) is 5.02 Å². The van der Waals surface area contributed by atoms with Gasteiger partial charge in [-0.2, -0.15) is 0 Å². The highest BCUT2D eigenvalue weighted by molar-refractivity contribution is 6.32. The first kappa shape index (κ1) is 18.1. The molecule has 128 valence electrons. The van der Waals surface area contributed by atoms with Crippen molar-refractivity contribution in [3.63, 3.8) is 0 Å². The van der Waals surface area contributed by atoms with Crippen LogP contribution >= 0.6 is 11.6 Å². The summed E-state index contributed by atoms with van der Waals surface area (Å²) in [6.07, 6.45) is -0.633. The number of rotatable bonds is 7. The second kappa shape index (κ2) is 8.60. The van der Waals surface area contributed by atoms with E-state index < -0.39 is 6.10 Å². The lowest BCUT2D eigenvalue weighted by Crippen LogP contribution is -2.38. The number of carbonyl (C=O) groups excluding carboxylic acids is 1. The van der Waals surface area contributed by atoms with Crippen molar-refractivity contribution in [1.82, 2.24) is 5.32 Å². The van der Waals surface area contributed by atoms with Crippen LogP contribution in [0.1, 0.15) is 18.1 Å². The standard InChI is InChI=1S/C19H22ClNO3/c1-13-10-14(2)12-16(11-13)23-9-8-21-19(22)15(3)24-18-7-5-4-6-17(18)20/h4-7,10-12,15H,8-9H2,1-3H3,(H,21,22)/t15-/m0/s1. The molecule has 2 rings (SSSR count). The molecular weight excluding hydrogens is 326 g/mol. The fraction of sp³-hybridized carbons (Fsp3) is 0.316. The summed E-state index contributed by atoms with van der Waals surface area (Å²) >= 11 is 6.02. The van der Waals surface area contributed by atoms with Crippen LogP contribution in [0.4, 0.5) is 0 Å². The Labute approximate surface area is 147 Å². The maximum atomic E-state index is 12.0. The largest absolute Gasteiger partial charge is 0.492 e. The minimum atomic E-state index is -0.633. The topological polar surface area (TPSA) is 47.6 Å². The predicted octanol–water partition coefficient (Wildman–Crippen LogP) is 3.92. The third-order valence-corrected chi connectivity index (χ3v) is 3.69. The molecule has 5 heteroatoms. The average Bonchev–Trinajstić information content (AvgIpc) is 2.52. The molecule has 0 saturated heterocycles. The molecule has 0 aliphatic heterocycles. The van der Waals surface area contributed by atoms with E-state index in [0.29, 0.717) is 23.9 Å². The number of ether oxygens (including phenoxy) is 2. The first-order valence-corrected chi connectivity index (χ1v) is 8.23. The summed E-state index contributed by atoms with van der Waals surface area (Å²) in [7, 11) is 0. The summed E-state index contributed by atoms with van der Waals surface area (Å²) in [5.41, 5.74) is 2.30. The highest BCUT2D eigenvalue weighted by atomic mass is 35.5. The van der Waals surface area contributed by atoms with Crippen molar-refractivity contribution in [2.24, 2.45) is 0 Å². The molecule has 0 heterocycles. The Hall–Kier alpha value is -2.20. The molecule has 0 radical (unpaired) electrons. The summed E-state index contributed by atoms with van der Waals surface area (Å²) in [5.74, 6) is 1.09. The van der Waals surface area contributed by atoms with E-state index in [2.05, 4.69) is 11.4 Å². The van der Waals surface area contributed by atoms with Crippen LogP contribution in [0.5, 0.6) is 11.5 Å². The van der Waals surface area contributed by atoms with Gasteiger partial charge in [0.15, 0.2) is 6.10 Å². The summed E-state index contributed by atoms with van der Waals surface area (Å²) in [4.78, 5) is 12.0. The zero-order chi connectivity index (χ0) is 17.5. The Morgan fingerprint density at radius 3 is 2.50 bits per heavy atom. The Balaban J connectivity index is 1.75. The van der Waals surface area contributed by atoms with Gasteiger partial charge in [-0.3, -0.25) is 4.79 Å². The monoisotopic (exact) mass is 347 g/mol. The van der Waals surface area contributed by atoms with Crippen LogP contribution in [0.3, 0.4) is 0 Å². The van der Waals surface area contributed by atoms with Crippen molar-refractivity contribution < 1.29 is 14.3 Å². The highest BCUT2D eigenvalue weighted by Crippen LogP contribution is 2.24. The summed E-state index contributed by atoms with van der Waals surface area (Å²) < 4.78 is 11.2. The first-order chi connectivity index (χ1) is 11.5. The molecule has 0 unspecified atom stereocenters. The van der Waals surface area contributed by atoms with Gasteiger partial charge in [0.05, 0.1) is 11.6 Å². The van der Waals surface area contributed by atoms with Gasteiger partial charge in [-0.05, 0) is 56.2 Å². The third-order valence-electron chi connectivity index (χ3n) is 3.37. The van der Waals surface area contributed by atoms with Crippen LogP contribution in [-0.2, 0) is 4.79 Å². The van der Waals surface area contributed by atoms with Crippen molar-refractivity contribution >= 4 is 17.5 Å². The maximum Gasteiger partial charge on any atom is 0.260 e. The van der Waals surface area contributed by atoms with E-state index in [0.717, 1.165) is 16.9 Å². The number of halogens is 1. The fourth-order valence-electron chi connectivity index (χ4n) is 2.29. The van der Waals surface area contributed by atoms with Crippen molar-refractivity contribution in [2.45, 2.75) is 26.9 Å². The second-order valence-corrected chi connectivity index (χ2v) is 6.06. The Morgan fingerprint density at radius 1 is 1.17 bits per heavy atom. The van der Waals surface area contributed by atoms with Gasteiger partial charge in [-0.1, -0.05) is 29.8 Å². The van der Waals surface area contributed by atoms with Crippen molar-refractivity contribution in [3.05, 3.63) is 58.6 Å². The quantitative estimate of drug-likeness (QED) is 0.772. The maximum absolute atomic E-state index is 12.0. The predicted molar refractivity (Wildman–Crippen MR) is 96.0 cm³/mol. The number of benzene rings is 2. The van der Waals surface area contributed by atoms with Crippen LogP contribution in [-0.4, -0.2) is 25.2 Å². The summed E-state index contributed by atoms with van der Waals surface area (Å²) in [5, 5.41) is 3.27. The number of aryl methyl sites for hydroxylation is 2. The molecular formula is C19H22ClNO3. The number of nitrogens with one attached hydrogen (secondary N) is 1. The fourth-order valence-corrected chi connectivity index (χ4v) is 2.47. The molecule has 1 atom stereocenters. The van der Waals surface area contributed by atoms with E-state index in [1.54, 1.807) is 19.1 Å². The number of para-hydroxylation sites is 1. The van der Waals surface area contributed by atoms with Crippen LogP contribution in [0.15, 0.2) is 42.5 Å². The van der Waals surface area contributed by atoms with Gasteiger partial charge in [0, 0.05) is 0 Å². The lowest BCUT2D eigenvalue weighted by molar-refractivity contribution is -0.127. The number of carbonyl (C=O) groups is 1. The van der Waals surface area contributed by atoms with Crippen LogP contribution in [0, 0.1) is 13.8 Å². The van der Waals surface area contributed by atoms with Gasteiger partial charge in [-0.25, -0.2) is 0 Å². The van der Waals surface area contributed by atoms with Gasteiger partial charge in [-0.15, -0.1) is 0 Å². The Bertz CT molecular complexity index is 683. The summed E-state index contributed by atoms with van der Waals surface area (Å²) in [6, 6.07) is 13.1. The lowest BCUT2D eigenvalue weighted by atomic mass is 10.1. The molecule has 24 heavy (non-hydrogen) atoms. The zero-order valence-electron chi connectivity index (χ0n) is 14.1. The third kappa shape index (κ3) is 5.46. The summed E-state index contributed by atoms with van der Waals surface area (Å²) in [6.45, 7) is 6.53. The smallest absolute Gasteiger partial charge is 0.260 e. The van der Waals surface area contributed by atoms with E-state index in [1.807, 2.05) is 38.1 Å². The van der Waals surface area contributed by atoms with Gasteiger partial charge < -0.3 is 14.8 Å². The van der Waals surface area contributed by atoms with Crippen molar-refractivity contribution in [3.8, 4) is 11.5 Å². The molecule has 2 aromatic carbocycles. The number of hydrogen-bond acceptors (Lipinski definition) is 3. The van der Waals surface area contributed by atoms with E-state index in [4.69, 9.17) is 21.1 Å². The molecule has 0 aliphatic rings. The molecule has 0 fully saturated rings. The first-order valence-electron chi connectivity index (χ1n) is 7.85. The molecule has 0 aromatic heterocycles. The van der Waals surface area contributed by atoms with Gasteiger partial charge in [0.1, 0.15) is 18.1 Å². The molecule has 0 bridgehead atoms. The normalized spacial score (nSPS) is 11.7. The second-order valence-electron chi connectivity index (χ2n) is 5.65. The molecule has 1 N–H and O–H groups in total. The van der Waals surface area contributed by atoms with Crippen molar-refractivity contribution in [2.75, 3.05) is 13.2 Å². The van der Waals surface area contributed by atoms with E-state index in [-0.39, 0.29) is 5.91 Å². The average molecular weight is 348 g/mol. The van der Waals surface area contributed by atoms with Crippen LogP contribution < -0.4 is 14.8 Å². The molecule has 0 spiro atoms. The van der Waals surface area contributed by atoms with Gasteiger partial charge in [0.25, 0.3) is 5.91 Å². The Morgan fingerprint density at radius 2 is 1.83 bits per heavy atom. The number of amides is 1. The van der Waals surface area contributed by atoms with E-state index in [1.165, 1.54) is 0 Å². The van der Waals surface area contributed by atoms with Crippen molar-refractivity contribution in [1.29, 1.82) is 0 Å². The van der Waals surface area contributed by atoms with Gasteiger partial charge >= 0.3 is 0 Å².